The highest BCUT2D eigenvalue weighted by Crippen LogP contribution is 2.24. The highest BCUT2D eigenvalue weighted by molar-refractivity contribution is 7.99. The zero-order valence-electron chi connectivity index (χ0n) is 13.4. The highest BCUT2D eigenvalue weighted by Gasteiger charge is 2.35. The van der Waals surface area contributed by atoms with E-state index in [0.717, 1.165) is 35.7 Å². The normalized spacial score (nSPS) is 21.6. The van der Waals surface area contributed by atoms with E-state index in [-0.39, 0.29) is 11.9 Å². The van der Waals surface area contributed by atoms with Crippen LogP contribution in [-0.2, 0) is 27.3 Å². The van der Waals surface area contributed by atoms with Gasteiger partial charge in [-0.15, -0.1) is 0 Å². The molecule has 2 aliphatic heterocycles. The number of carbonyl (C=O) groups is 2. The van der Waals surface area contributed by atoms with E-state index >= 15 is 0 Å². The summed E-state index contributed by atoms with van der Waals surface area (Å²) in [6.07, 6.45) is 0.532. The minimum Gasteiger partial charge on any atom is -0.467 e. The molecule has 1 unspecified atom stereocenters. The molecule has 1 fully saturated rings. The zero-order chi connectivity index (χ0) is 16.2. The lowest BCUT2D eigenvalue weighted by Crippen LogP contribution is -2.52. The molecule has 6 heteroatoms. The summed E-state index contributed by atoms with van der Waals surface area (Å²) in [5, 5.41) is 0. The predicted octanol–water partition coefficient (Wildman–Crippen LogP) is 1.16. The van der Waals surface area contributed by atoms with E-state index in [9.17, 15) is 9.59 Å². The monoisotopic (exact) mass is 334 g/mol. The molecule has 0 aromatic heterocycles. The fraction of sp³-hybridized carbons (Fsp3) is 0.529. The van der Waals surface area contributed by atoms with Crippen LogP contribution in [0, 0.1) is 0 Å². The van der Waals surface area contributed by atoms with Crippen molar-refractivity contribution in [2.24, 2.45) is 0 Å². The molecule has 0 aliphatic carbocycles. The van der Waals surface area contributed by atoms with Gasteiger partial charge >= 0.3 is 5.97 Å². The third kappa shape index (κ3) is 3.70. The molecular formula is C17H22N2O3S. The first-order chi connectivity index (χ1) is 11.2. The number of methoxy groups -OCH3 is 1. The molecule has 2 heterocycles. The highest BCUT2D eigenvalue weighted by atomic mass is 32.2. The number of benzene rings is 1. The van der Waals surface area contributed by atoms with E-state index in [1.165, 1.54) is 7.11 Å². The van der Waals surface area contributed by atoms with Gasteiger partial charge in [-0.3, -0.25) is 9.69 Å². The second kappa shape index (κ2) is 7.36. The molecule has 0 radical (unpaired) electrons. The number of carbonyl (C=O) groups excluding carboxylic acids is 2. The summed E-state index contributed by atoms with van der Waals surface area (Å²) in [5.74, 6) is 1.82. The average molecular weight is 334 g/mol. The van der Waals surface area contributed by atoms with Crippen molar-refractivity contribution >= 4 is 23.6 Å². The van der Waals surface area contributed by atoms with Crippen LogP contribution < -0.4 is 0 Å². The van der Waals surface area contributed by atoms with Crippen molar-refractivity contribution in [1.29, 1.82) is 0 Å². The van der Waals surface area contributed by atoms with E-state index in [1.807, 2.05) is 36.0 Å². The van der Waals surface area contributed by atoms with Gasteiger partial charge in [0.2, 0.25) is 5.91 Å². The Bertz CT molecular complexity index is 587. The van der Waals surface area contributed by atoms with Crippen LogP contribution in [0.2, 0.25) is 0 Å². The number of thioether (sulfide) groups is 1. The lowest BCUT2D eigenvalue weighted by Gasteiger charge is -2.37. The molecule has 1 amide bonds. The third-order valence-corrected chi connectivity index (χ3v) is 5.45. The molecule has 1 saturated heterocycles. The van der Waals surface area contributed by atoms with Crippen molar-refractivity contribution in [3.8, 4) is 0 Å². The first-order valence-electron chi connectivity index (χ1n) is 7.93. The first kappa shape index (κ1) is 16.3. The van der Waals surface area contributed by atoms with E-state index in [4.69, 9.17) is 4.74 Å². The van der Waals surface area contributed by atoms with Gasteiger partial charge in [0.1, 0.15) is 6.04 Å². The van der Waals surface area contributed by atoms with Gasteiger partial charge in [0.25, 0.3) is 0 Å². The van der Waals surface area contributed by atoms with Crippen LogP contribution >= 0.6 is 11.8 Å². The Balaban J connectivity index is 1.76. The van der Waals surface area contributed by atoms with Crippen LogP contribution in [0.5, 0.6) is 0 Å². The van der Waals surface area contributed by atoms with Gasteiger partial charge in [0.15, 0.2) is 0 Å². The lowest BCUT2D eigenvalue weighted by atomic mass is 9.94. The molecule has 1 atom stereocenters. The van der Waals surface area contributed by atoms with Gasteiger partial charge in [-0.25, -0.2) is 4.79 Å². The molecule has 0 bridgehead atoms. The molecule has 1 aromatic rings. The van der Waals surface area contributed by atoms with Crippen LogP contribution in [0.15, 0.2) is 24.3 Å². The molecule has 1 aromatic carbocycles. The fourth-order valence-corrected chi connectivity index (χ4v) is 4.15. The molecule has 0 spiro atoms. The van der Waals surface area contributed by atoms with Crippen molar-refractivity contribution < 1.29 is 14.3 Å². The number of esters is 1. The van der Waals surface area contributed by atoms with Crippen LogP contribution in [0.25, 0.3) is 0 Å². The van der Waals surface area contributed by atoms with Crippen LogP contribution in [0.3, 0.4) is 0 Å². The summed E-state index contributed by atoms with van der Waals surface area (Å²) in [7, 11) is 1.38. The maximum Gasteiger partial charge on any atom is 0.328 e. The van der Waals surface area contributed by atoms with Gasteiger partial charge in [-0.2, -0.15) is 11.8 Å². The third-order valence-electron chi connectivity index (χ3n) is 4.50. The average Bonchev–Trinajstić information content (AvgIpc) is 2.60. The number of fused-ring (bicyclic) bond motifs is 1. The van der Waals surface area contributed by atoms with Crippen molar-refractivity contribution in [3.63, 3.8) is 0 Å². The second-order valence-corrected chi connectivity index (χ2v) is 7.15. The molecule has 0 saturated carbocycles. The molecule has 3 rings (SSSR count). The largest absolute Gasteiger partial charge is 0.467 e. The van der Waals surface area contributed by atoms with Crippen molar-refractivity contribution in [1.82, 2.24) is 9.80 Å². The minimum atomic E-state index is -0.512. The van der Waals surface area contributed by atoms with Crippen molar-refractivity contribution in [2.45, 2.75) is 19.0 Å². The standard InChI is InChI=1S/C17H22N2O3S/c1-22-17(21)15-10-13-4-2-3-5-14(13)11-19(15)16(20)12-18-6-8-23-9-7-18/h2-5,15H,6-12H2,1H3. The number of rotatable bonds is 3. The summed E-state index contributed by atoms with van der Waals surface area (Å²) in [6.45, 7) is 2.74. The van der Waals surface area contributed by atoms with Gasteiger partial charge in [0, 0.05) is 37.6 Å². The van der Waals surface area contributed by atoms with E-state index < -0.39 is 6.04 Å². The summed E-state index contributed by atoms with van der Waals surface area (Å²) < 4.78 is 4.93. The molecular weight excluding hydrogens is 312 g/mol. The molecule has 23 heavy (non-hydrogen) atoms. The van der Waals surface area contributed by atoms with Crippen molar-refractivity contribution in [3.05, 3.63) is 35.4 Å². The van der Waals surface area contributed by atoms with E-state index in [2.05, 4.69) is 4.90 Å². The molecule has 0 N–H and O–H groups in total. The maximum atomic E-state index is 12.8. The van der Waals surface area contributed by atoms with E-state index in [1.54, 1.807) is 4.90 Å². The van der Waals surface area contributed by atoms with Crippen LogP contribution in [0.1, 0.15) is 11.1 Å². The number of hydrogen-bond acceptors (Lipinski definition) is 5. The Morgan fingerprint density at radius 2 is 1.91 bits per heavy atom. The minimum absolute atomic E-state index is 0.0156. The molecule has 2 aliphatic rings. The number of nitrogens with zero attached hydrogens (tertiary/aromatic N) is 2. The van der Waals surface area contributed by atoms with E-state index in [0.29, 0.717) is 19.5 Å². The maximum absolute atomic E-state index is 12.8. The Labute approximate surface area is 141 Å². The SMILES string of the molecule is COC(=O)C1Cc2ccccc2CN1C(=O)CN1CCSCC1. The molecule has 5 nitrogen and oxygen atoms in total. The smallest absolute Gasteiger partial charge is 0.328 e. The Morgan fingerprint density at radius 1 is 1.22 bits per heavy atom. The Hall–Kier alpha value is -1.53. The Kier molecular flexibility index (Phi) is 5.23. The lowest BCUT2D eigenvalue weighted by molar-refractivity contribution is -0.154. The van der Waals surface area contributed by atoms with Gasteiger partial charge in [-0.05, 0) is 11.1 Å². The van der Waals surface area contributed by atoms with Crippen LogP contribution in [0.4, 0.5) is 0 Å². The number of hydrogen-bond donors (Lipinski definition) is 0. The summed E-state index contributed by atoms with van der Waals surface area (Å²) in [6, 6.07) is 7.48. The van der Waals surface area contributed by atoms with Crippen LogP contribution in [-0.4, -0.2) is 66.0 Å². The number of amides is 1. The summed E-state index contributed by atoms with van der Waals surface area (Å²) in [4.78, 5) is 28.8. The van der Waals surface area contributed by atoms with Gasteiger partial charge in [0.05, 0.1) is 13.7 Å². The zero-order valence-corrected chi connectivity index (χ0v) is 14.2. The Morgan fingerprint density at radius 3 is 2.61 bits per heavy atom. The topological polar surface area (TPSA) is 49.9 Å². The second-order valence-electron chi connectivity index (χ2n) is 5.92. The predicted molar refractivity (Wildman–Crippen MR) is 90.3 cm³/mol. The summed E-state index contributed by atoms with van der Waals surface area (Å²) >= 11 is 1.92. The first-order valence-corrected chi connectivity index (χ1v) is 9.08. The quantitative estimate of drug-likeness (QED) is 0.777. The van der Waals surface area contributed by atoms with Gasteiger partial charge in [-0.1, -0.05) is 24.3 Å². The van der Waals surface area contributed by atoms with Gasteiger partial charge < -0.3 is 9.64 Å². The van der Waals surface area contributed by atoms with Crippen molar-refractivity contribution in [2.75, 3.05) is 38.2 Å². The summed E-state index contributed by atoms with van der Waals surface area (Å²) in [5.41, 5.74) is 2.25. The number of ether oxygens (including phenoxy) is 1. The molecule has 124 valence electrons. The fourth-order valence-electron chi connectivity index (χ4n) is 3.17.